The van der Waals surface area contributed by atoms with Crippen molar-refractivity contribution in [2.75, 3.05) is 5.32 Å². The highest BCUT2D eigenvalue weighted by atomic mass is 16.1. The van der Waals surface area contributed by atoms with Crippen LogP contribution in [0.4, 0.5) is 5.69 Å². The van der Waals surface area contributed by atoms with Crippen LogP contribution in [0.25, 0.3) is 38.9 Å². The van der Waals surface area contributed by atoms with Crippen LogP contribution >= 0.6 is 0 Å². The first kappa shape index (κ1) is 19.9. The predicted octanol–water partition coefficient (Wildman–Crippen LogP) is 4.57. The van der Waals surface area contributed by atoms with E-state index in [-0.39, 0.29) is 5.56 Å². The SMILES string of the molecule is Cc1cc(-n2ccnc2)cc2[nH]c(-c3c(NCc4cc5ccccc5cn4)cc[nH]c3=O)nc12. The molecule has 8 nitrogen and oxygen atoms in total. The topological polar surface area (TPSA) is 104 Å². The number of hydrogen-bond acceptors (Lipinski definition) is 5. The van der Waals surface area contributed by atoms with E-state index >= 15 is 0 Å². The lowest BCUT2D eigenvalue weighted by molar-refractivity contribution is 1.05. The van der Waals surface area contributed by atoms with Crippen molar-refractivity contribution in [2.24, 2.45) is 0 Å². The van der Waals surface area contributed by atoms with Crippen LogP contribution in [0.1, 0.15) is 11.3 Å². The third kappa shape index (κ3) is 3.51. The van der Waals surface area contributed by atoms with E-state index in [1.807, 2.05) is 54.2 Å². The second-order valence-corrected chi connectivity index (χ2v) is 8.19. The van der Waals surface area contributed by atoms with Gasteiger partial charge in [-0.15, -0.1) is 0 Å². The summed E-state index contributed by atoms with van der Waals surface area (Å²) in [7, 11) is 0. The van der Waals surface area contributed by atoms with Gasteiger partial charge in [-0.05, 0) is 42.1 Å². The molecule has 0 amide bonds. The molecule has 0 aliphatic carbocycles. The number of aryl methyl sites for hydroxylation is 1. The number of hydrogen-bond donors (Lipinski definition) is 3. The molecule has 0 radical (unpaired) electrons. The van der Waals surface area contributed by atoms with Crippen LogP contribution in [-0.2, 0) is 6.54 Å². The Morgan fingerprint density at radius 2 is 1.97 bits per heavy atom. The molecule has 166 valence electrons. The molecule has 3 N–H and O–H groups in total. The molecule has 0 atom stereocenters. The Morgan fingerprint density at radius 3 is 2.82 bits per heavy atom. The van der Waals surface area contributed by atoms with Crippen molar-refractivity contribution in [1.29, 1.82) is 0 Å². The van der Waals surface area contributed by atoms with Crippen LogP contribution in [-0.4, -0.2) is 29.5 Å². The summed E-state index contributed by atoms with van der Waals surface area (Å²) in [6.07, 6.45) is 8.88. The van der Waals surface area contributed by atoms with Crippen molar-refractivity contribution in [3.63, 3.8) is 0 Å². The number of fused-ring (bicyclic) bond motifs is 2. The van der Waals surface area contributed by atoms with Crippen molar-refractivity contribution in [1.82, 2.24) is 29.5 Å². The third-order valence-corrected chi connectivity index (χ3v) is 5.91. The van der Waals surface area contributed by atoms with Crippen molar-refractivity contribution in [3.05, 3.63) is 101 Å². The average molecular weight is 448 g/mol. The molecule has 0 aliphatic rings. The van der Waals surface area contributed by atoms with E-state index in [0.29, 0.717) is 23.6 Å². The molecule has 34 heavy (non-hydrogen) atoms. The highest BCUT2D eigenvalue weighted by Gasteiger charge is 2.16. The van der Waals surface area contributed by atoms with Gasteiger partial charge in [0.2, 0.25) is 0 Å². The average Bonchev–Trinajstić information content (AvgIpc) is 3.53. The van der Waals surface area contributed by atoms with E-state index in [9.17, 15) is 4.79 Å². The van der Waals surface area contributed by atoms with Gasteiger partial charge in [0.05, 0.1) is 35.3 Å². The first-order valence-electron chi connectivity index (χ1n) is 10.9. The standard InChI is InChI=1S/C26H21N7O/c1-16-10-20(33-9-8-27-15-33)12-22-24(16)32-25(31-22)23-21(6-7-28-26(23)34)30-14-19-11-17-4-2-3-5-18(17)13-29-19/h2-13,15H,14H2,1H3,(H,31,32)(H2,28,30,34). The minimum Gasteiger partial charge on any atom is -0.379 e. The van der Waals surface area contributed by atoms with Crippen molar-refractivity contribution < 1.29 is 0 Å². The highest BCUT2D eigenvalue weighted by Crippen LogP contribution is 2.28. The number of rotatable bonds is 5. The second-order valence-electron chi connectivity index (χ2n) is 8.19. The Hall–Kier alpha value is -4.72. The second kappa shape index (κ2) is 8.00. The molecule has 8 heteroatoms. The molecule has 0 saturated carbocycles. The van der Waals surface area contributed by atoms with Gasteiger partial charge in [-0.25, -0.2) is 9.97 Å². The normalized spacial score (nSPS) is 11.3. The fourth-order valence-electron chi connectivity index (χ4n) is 4.22. The Balaban J connectivity index is 1.37. The van der Waals surface area contributed by atoms with Crippen LogP contribution in [0.2, 0.25) is 0 Å². The molecular weight excluding hydrogens is 426 g/mol. The Kier molecular flexibility index (Phi) is 4.69. The summed E-state index contributed by atoms with van der Waals surface area (Å²) in [5.41, 5.74) is 5.46. The van der Waals surface area contributed by atoms with E-state index in [4.69, 9.17) is 4.98 Å². The van der Waals surface area contributed by atoms with Gasteiger partial charge in [0.1, 0.15) is 11.4 Å². The molecule has 2 aromatic carbocycles. The van der Waals surface area contributed by atoms with Gasteiger partial charge in [-0.3, -0.25) is 9.78 Å². The summed E-state index contributed by atoms with van der Waals surface area (Å²) in [5.74, 6) is 0.511. The predicted molar refractivity (Wildman–Crippen MR) is 133 cm³/mol. The number of aromatic nitrogens is 6. The fourth-order valence-corrected chi connectivity index (χ4v) is 4.22. The summed E-state index contributed by atoms with van der Waals surface area (Å²) in [5, 5.41) is 5.59. The minimum atomic E-state index is -0.219. The smallest absolute Gasteiger partial charge is 0.261 e. The van der Waals surface area contributed by atoms with Gasteiger partial charge in [-0.2, -0.15) is 0 Å². The summed E-state index contributed by atoms with van der Waals surface area (Å²) in [6.45, 7) is 2.48. The maximum atomic E-state index is 12.9. The quantitative estimate of drug-likeness (QED) is 0.359. The van der Waals surface area contributed by atoms with Gasteiger partial charge >= 0.3 is 0 Å². The fraction of sp³-hybridized carbons (Fsp3) is 0.0769. The van der Waals surface area contributed by atoms with E-state index in [0.717, 1.165) is 38.8 Å². The number of H-pyrrole nitrogens is 2. The number of imidazole rings is 2. The Labute approximate surface area is 194 Å². The molecule has 6 rings (SSSR count). The molecular formula is C26H21N7O. The van der Waals surface area contributed by atoms with Crippen molar-refractivity contribution in [2.45, 2.75) is 13.5 Å². The van der Waals surface area contributed by atoms with E-state index in [1.54, 1.807) is 18.7 Å². The van der Waals surface area contributed by atoms with E-state index in [1.165, 1.54) is 0 Å². The zero-order valence-electron chi connectivity index (χ0n) is 18.4. The number of anilines is 1. The number of nitrogens with zero attached hydrogens (tertiary/aromatic N) is 4. The van der Waals surface area contributed by atoms with Gasteiger partial charge in [0.25, 0.3) is 5.56 Å². The number of nitrogens with one attached hydrogen (secondary N) is 3. The molecule has 4 heterocycles. The highest BCUT2D eigenvalue weighted by molar-refractivity contribution is 5.86. The lowest BCUT2D eigenvalue weighted by atomic mass is 10.1. The van der Waals surface area contributed by atoms with Crippen molar-refractivity contribution >= 4 is 27.5 Å². The summed E-state index contributed by atoms with van der Waals surface area (Å²) in [4.78, 5) is 32.4. The molecule has 0 fully saturated rings. The van der Waals surface area contributed by atoms with E-state index in [2.05, 4.69) is 43.5 Å². The molecule has 0 unspecified atom stereocenters. The van der Waals surface area contributed by atoms with Crippen LogP contribution in [0.3, 0.4) is 0 Å². The van der Waals surface area contributed by atoms with Gasteiger partial charge in [0.15, 0.2) is 0 Å². The zero-order chi connectivity index (χ0) is 23.1. The maximum Gasteiger partial charge on any atom is 0.261 e. The first-order valence-corrected chi connectivity index (χ1v) is 10.9. The monoisotopic (exact) mass is 447 g/mol. The van der Waals surface area contributed by atoms with Gasteiger partial charge in [-0.1, -0.05) is 24.3 Å². The van der Waals surface area contributed by atoms with Crippen LogP contribution in [0.15, 0.2) is 84.4 Å². The Morgan fingerprint density at radius 1 is 1.09 bits per heavy atom. The molecule has 6 aromatic rings. The lowest BCUT2D eigenvalue weighted by Gasteiger charge is -2.10. The molecule has 0 bridgehead atoms. The van der Waals surface area contributed by atoms with Gasteiger partial charge < -0.3 is 19.9 Å². The lowest BCUT2D eigenvalue weighted by Crippen LogP contribution is -2.13. The molecule has 4 aromatic heterocycles. The van der Waals surface area contributed by atoms with Crippen molar-refractivity contribution in [3.8, 4) is 17.1 Å². The number of pyridine rings is 2. The maximum absolute atomic E-state index is 12.9. The number of benzene rings is 2. The van der Waals surface area contributed by atoms with Crippen LogP contribution < -0.4 is 10.9 Å². The molecule has 0 aliphatic heterocycles. The first-order chi connectivity index (χ1) is 16.7. The molecule has 0 spiro atoms. The van der Waals surface area contributed by atoms with E-state index < -0.39 is 0 Å². The summed E-state index contributed by atoms with van der Waals surface area (Å²) < 4.78 is 1.94. The Bertz CT molecular complexity index is 1700. The summed E-state index contributed by atoms with van der Waals surface area (Å²) >= 11 is 0. The zero-order valence-corrected chi connectivity index (χ0v) is 18.4. The minimum absolute atomic E-state index is 0.219. The van der Waals surface area contributed by atoms with Crippen LogP contribution in [0.5, 0.6) is 0 Å². The third-order valence-electron chi connectivity index (χ3n) is 5.91. The number of aromatic amines is 2. The van der Waals surface area contributed by atoms with Crippen LogP contribution in [0, 0.1) is 6.92 Å². The molecule has 0 saturated heterocycles. The largest absolute Gasteiger partial charge is 0.379 e. The summed E-state index contributed by atoms with van der Waals surface area (Å²) in [6, 6.07) is 16.1. The van der Waals surface area contributed by atoms with Gasteiger partial charge in [0, 0.05) is 35.9 Å².